The minimum atomic E-state index is -4.76. The Balaban J connectivity index is 1.66. The molecule has 1 aliphatic carbocycles. The number of nitrogens with one attached hydrogen (secondary N) is 2. The van der Waals surface area contributed by atoms with Gasteiger partial charge in [-0.3, -0.25) is 0 Å². The smallest absolute Gasteiger partial charge is 0.406 e. The molecule has 1 fully saturated rings. The van der Waals surface area contributed by atoms with E-state index in [2.05, 4.69) is 25.3 Å². The lowest BCUT2D eigenvalue weighted by Gasteiger charge is -2.13. The van der Waals surface area contributed by atoms with E-state index in [-0.39, 0.29) is 5.75 Å². The average Bonchev–Trinajstić information content (AvgIpc) is 3.46. The second-order valence-corrected chi connectivity index (χ2v) is 7.02. The highest BCUT2D eigenvalue weighted by atomic mass is 35.5. The summed E-state index contributed by atoms with van der Waals surface area (Å²) in [7, 11) is 0. The zero-order valence-corrected chi connectivity index (χ0v) is 15.8. The van der Waals surface area contributed by atoms with E-state index in [9.17, 15) is 13.2 Å². The van der Waals surface area contributed by atoms with Gasteiger partial charge in [0.15, 0.2) is 0 Å². The molecular formula is C20H16ClF3N4O. The van der Waals surface area contributed by atoms with E-state index in [1.54, 1.807) is 36.4 Å². The predicted octanol–water partition coefficient (Wildman–Crippen LogP) is 6.01. The van der Waals surface area contributed by atoms with Crippen LogP contribution in [-0.4, -0.2) is 22.4 Å². The summed E-state index contributed by atoms with van der Waals surface area (Å²) >= 11 is 5.91. The van der Waals surface area contributed by atoms with E-state index < -0.39 is 6.36 Å². The zero-order valence-electron chi connectivity index (χ0n) is 15.0. The van der Waals surface area contributed by atoms with Crippen molar-refractivity contribution in [3.63, 3.8) is 0 Å². The largest absolute Gasteiger partial charge is 0.573 e. The van der Waals surface area contributed by atoms with Gasteiger partial charge in [-0.05, 0) is 49.2 Å². The number of ether oxygens (including phenoxy) is 1. The molecule has 1 aliphatic rings. The lowest BCUT2D eigenvalue weighted by Crippen LogP contribution is -2.17. The summed E-state index contributed by atoms with van der Waals surface area (Å²) in [6.45, 7) is 0. The van der Waals surface area contributed by atoms with Crippen molar-refractivity contribution in [2.75, 3.05) is 10.6 Å². The van der Waals surface area contributed by atoms with Crippen LogP contribution in [0.2, 0.25) is 5.02 Å². The van der Waals surface area contributed by atoms with Gasteiger partial charge in [-0.15, -0.1) is 13.2 Å². The van der Waals surface area contributed by atoms with Crippen LogP contribution in [0.5, 0.6) is 5.75 Å². The molecule has 3 aromatic rings. The molecule has 2 N–H and O–H groups in total. The molecule has 0 spiro atoms. The molecule has 1 heterocycles. The van der Waals surface area contributed by atoms with Crippen molar-refractivity contribution in [1.82, 2.24) is 9.97 Å². The number of anilines is 3. The van der Waals surface area contributed by atoms with Crippen molar-refractivity contribution in [1.29, 1.82) is 0 Å². The molecule has 2 aromatic carbocycles. The first-order valence-corrected chi connectivity index (χ1v) is 9.26. The first-order chi connectivity index (χ1) is 13.8. The van der Waals surface area contributed by atoms with Gasteiger partial charge < -0.3 is 15.4 Å². The van der Waals surface area contributed by atoms with E-state index >= 15 is 0 Å². The van der Waals surface area contributed by atoms with Crippen molar-refractivity contribution < 1.29 is 17.9 Å². The molecule has 150 valence electrons. The lowest BCUT2D eigenvalue weighted by molar-refractivity contribution is -0.274. The molecule has 0 unspecified atom stereocenters. The van der Waals surface area contributed by atoms with Crippen molar-refractivity contribution in [3.8, 4) is 17.0 Å². The van der Waals surface area contributed by atoms with Gasteiger partial charge in [0.05, 0.1) is 5.69 Å². The summed E-state index contributed by atoms with van der Waals surface area (Å²) in [5, 5.41) is 6.99. The Labute approximate surface area is 169 Å². The van der Waals surface area contributed by atoms with E-state index in [4.69, 9.17) is 11.6 Å². The monoisotopic (exact) mass is 420 g/mol. The highest BCUT2D eigenvalue weighted by Gasteiger charge is 2.31. The number of nitrogens with zero attached hydrogens (tertiary/aromatic N) is 2. The van der Waals surface area contributed by atoms with Gasteiger partial charge in [-0.25, -0.2) is 4.98 Å². The fourth-order valence-electron chi connectivity index (χ4n) is 2.67. The molecule has 4 rings (SSSR count). The molecule has 9 heteroatoms. The van der Waals surface area contributed by atoms with Crippen LogP contribution in [0.1, 0.15) is 12.8 Å². The molecule has 0 radical (unpaired) electrons. The van der Waals surface area contributed by atoms with Crippen LogP contribution in [0.25, 0.3) is 11.3 Å². The fraction of sp³-hybridized carbons (Fsp3) is 0.200. The quantitative estimate of drug-likeness (QED) is 0.511. The van der Waals surface area contributed by atoms with E-state index in [1.165, 1.54) is 18.2 Å². The van der Waals surface area contributed by atoms with Gasteiger partial charge in [0.1, 0.15) is 11.6 Å². The van der Waals surface area contributed by atoms with Crippen LogP contribution in [0.15, 0.2) is 54.6 Å². The summed E-state index contributed by atoms with van der Waals surface area (Å²) in [4.78, 5) is 8.92. The van der Waals surface area contributed by atoms with Gasteiger partial charge in [-0.1, -0.05) is 23.7 Å². The van der Waals surface area contributed by atoms with Crippen LogP contribution >= 0.6 is 11.6 Å². The molecule has 0 bridgehead atoms. The Bertz CT molecular complexity index is 1010. The minimum absolute atomic E-state index is 0.308. The molecule has 0 atom stereocenters. The van der Waals surface area contributed by atoms with Gasteiger partial charge in [0, 0.05) is 28.4 Å². The van der Waals surface area contributed by atoms with Gasteiger partial charge in [-0.2, -0.15) is 4.98 Å². The first-order valence-electron chi connectivity index (χ1n) is 8.88. The highest BCUT2D eigenvalue weighted by Crippen LogP contribution is 2.30. The summed E-state index contributed by atoms with van der Waals surface area (Å²) < 4.78 is 41.7. The van der Waals surface area contributed by atoms with Crippen LogP contribution in [-0.2, 0) is 0 Å². The molecular weight excluding hydrogens is 405 g/mol. The maximum atomic E-state index is 12.5. The maximum absolute atomic E-state index is 12.5. The second kappa shape index (κ2) is 7.79. The molecule has 0 amide bonds. The highest BCUT2D eigenvalue weighted by molar-refractivity contribution is 6.30. The van der Waals surface area contributed by atoms with Gasteiger partial charge in [0.2, 0.25) is 5.95 Å². The van der Waals surface area contributed by atoms with Crippen LogP contribution in [0, 0.1) is 0 Å². The molecule has 1 saturated carbocycles. The minimum Gasteiger partial charge on any atom is -0.406 e. The van der Waals surface area contributed by atoms with E-state index in [0.29, 0.717) is 34.1 Å². The standard InChI is InChI=1S/C20H16ClF3N4O/c21-13-4-6-14(7-5-13)25-18-11-17(27-19(28-18)26-15-8-9-15)12-2-1-3-16(10-12)29-20(22,23)24/h1-7,10-11,15H,8-9H2,(H2,25,26,27,28). The number of hydrogen-bond donors (Lipinski definition) is 2. The molecule has 1 aromatic heterocycles. The summed E-state index contributed by atoms with van der Waals surface area (Å²) in [5.74, 6) is 0.601. The summed E-state index contributed by atoms with van der Waals surface area (Å²) in [5.41, 5.74) is 1.71. The van der Waals surface area contributed by atoms with Crippen molar-refractivity contribution in [3.05, 3.63) is 59.6 Å². The van der Waals surface area contributed by atoms with Crippen molar-refractivity contribution in [2.45, 2.75) is 25.2 Å². The predicted molar refractivity (Wildman–Crippen MR) is 106 cm³/mol. The first kappa shape index (κ1) is 19.3. The Morgan fingerprint density at radius 1 is 1.00 bits per heavy atom. The third-order valence-electron chi connectivity index (χ3n) is 4.12. The van der Waals surface area contributed by atoms with Crippen LogP contribution in [0.3, 0.4) is 0 Å². The number of aromatic nitrogens is 2. The molecule has 5 nitrogen and oxygen atoms in total. The summed E-state index contributed by atoms with van der Waals surface area (Å²) in [6, 6.07) is 14.8. The SMILES string of the molecule is FC(F)(F)Oc1cccc(-c2cc(Nc3ccc(Cl)cc3)nc(NC3CC3)n2)c1. The van der Waals surface area contributed by atoms with Crippen LogP contribution < -0.4 is 15.4 Å². The Morgan fingerprint density at radius 2 is 1.76 bits per heavy atom. The summed E-state index contributed by atoms with van der Waals surface area (Å²) in [6.07, 6.45) is -2.70. The van der Waals surface area contributed by atoms with E-state index in [1.807, 2.05) is 0 Å². The fourth-order valence-corrected chi connectivity index (χ4v) is 2.79. The van der Waals surface area contributed by atoms with Gasteiger partial charge >= 0.3 is 6.36 Å². The lowest BCUT2D eigenvalue weighted by atomic mass is 10.1. The number of rotatable bonds is 6. The normalized spacial score (nSPS) is 13.8. The Kier molecular flexibility index (Phi) is 5.19. The van der Waals surface area contributed by atoms with Crippen LogP contribution in [0.4, 0.5) is 30.6 Å². The third kappa shape index (κ3) is 5.51. The van der Waals surface area contributed by atoms with Gasteiger partial charge in [0.25, 0.3) is 0 Å². The topological polar surface area (TPSA) is 59.1 Å². The third-order valence-corrected chi connectivity index (χ3v) is 4.37. The number of halogens is 4. The van der Waals surface area contributed by atoms with E-state index in [0.717, 1.165) is 18.5 Å². The maximum Gasteiger partial charge on any atom is 0.573 e. The Morgan fingerprint density at radius 3 is 2.45 bits per heavy atom. The molecule has 29 heavy (non-hydrogen) atoms. The Hall–Kier alpha value is -3.00. The molecule has 0 saturated heterocycles. The number of alkyl halides is 3. The van der Waals surface area contributed by atoms with Crippen molar-refractivity contribution >= 4 is 29.1 Å². The zero-order chi connectivity index (χ0) is 20.4. The van der Waals surface area contributed by atoms with Crippen molar-refractivity contribution in [2.24, 2.45) is 0 Å². The average molecular weight is 421 g/mol. The second-order valence-electron chi connectivity index (χ2n) is 6.59. The molecule has 0 aliphatic heterocycles. The number of benzene rings is 2. The number of hydrogen-bond acceptors (Lipinski definition) is 5.